The van der Waals surface area contributed by atoms with Gasteiger partial charge in [0, 0.05) is 28.4 Å². The van der Waals surface area contributed by atoms with Crippen molar-refractivity contribution in [3.8, 4) is 0 Å². The summed E-state index contributed by atoms with van der Waals surface area (Å²) in [5.41, 5.74) is 0. The van der Waals surface area contributed by atoms with Crippen molar-refractivity contribution in [3.05, 3.63) is 20.8 Å². The van der Waals surface area contributed by atoms with Gasteiger partial charge in [0.15, 0.2) is 0 Å². The molecule has 1 aromatic heterocycles. The van der Waals surface area contributed by atoms with Gasteiger partial charge in [-0.05, 0) is 61.0 Å². The molecule has 1 fully saturated rings. The highest BCUT2D eigenvalue weighted by Gasteiger charge is 2.27. The Labute approximate surface area is 122 Å². The van der Waals surface area contributed by atoms with E-state index in [2.05, 4.69) is 51.3 Å². The molecule has 0 radical (unpaired) electrons. The zero-order valence-electron chi connectivity index (χ0n) is 11.0. The van der Waals surface area contributed by atoms with Crippen LogP contribution < -0.4 is 0 Å². The van der Waals surface area contributed by atoms with Crippen molar-refractivity contribution in [2.24, 2.45) is 0 Å². The molecule has 0 aromatic carbocycles. The lowest BCUT2D eigenvalue weighted by atomic mass is 10.1. The zero-order valence-corrected chi connectivity index (χ0v) is 13.4. The Bertz CT molecular complexity index is 385. The summed E-state index contributed by atoms with van der Waals surface area (Å²) in [5.74, 6) is 0. The monoisotopic (exact) mass is 332 g/mol. The molecule has 1 aliphatic rings. The summed E-state index contributed by atoms with van der Waals surface area (Å²) in [6.45, 7) is 3.13. The standard InChI is InChI=1S/C13H21BrN2OS/c1-15-5-3-6-16(2)11(9-15)12(17)8-13-10(14)4-7-18-13/h4,7,11-12,17H,3,5-6,8-9H2,1-2H3. The van der Waals surface area contributed by atoms with Gasteiger partial charge in [-0.15, -0.1) is 11.3 Å². The van der Waals surface area contributed by atoms with Crippen molar-refractivity contribution in [1.29, 1.82) is 0 Å². The molecule has 0 saturated carbocycles. The number of aliphatic hydroxyl groups excluding tert-OH is 1. The molecule has 0 spiro atoms. The maximum atomic E-state index is 10.5. The maximum absolute atomic E-state index is 10.5. The van der Waals surface area contributed by atoms with Gasteiger partial charge < -0.3 is 10.0 Å². The Balaban J connectivity index is 2.02. The minimum absolute atomic E-state index is 0.228. The topological polar surface area (TPSA) is 26.7 Å². The second-order valence-corrected chi connectivity index (χ2v) is 6.98. The van der Waals surface area contributed by atoms with Gasteiger partial charge in [-0.3, -0.25) is 4.90 Å². The lowest BCUT2D eigenvalue weighted by molar-refractivity contribution is 0.0585. The van der Waals surface area contributed by atoms with E-state index in [9.17, 15) is 5.11 Å². The molecule has 18 heavy (non-hydrogen) atoms. The van der Waals surface area contributed by atoms with Crippen LogP contribution in [0.3, 0.4) is 0 Å². The molecule has 102 valence electrons. The minimum atomic E-state index is -0.300. The predicted molar refractivity (Wildman–Crippen MR) is 80.3 cm³/mol. The second-order valence-electron chi connectivity index (χ2n) is 5.13. The molecule has 3 nitrogen and oxygen atoms in total. The fourth-order valence-electron chi connectivity index (χ4n) is 2.52. The molecule has 2 unspecified atom stereocenters. The van der Waals surface area contributed by atoms with Crippen LogP contribution in [0, 0.1) is 0 Å². The molecule has 1 saturated heterocycles. The highest BCUT2D eigenvalue weighted by Crippen LogP contribution is 2.25. The van der Waals surface area contributed by atoms with Crippen LogP contribution in [0.4, 0.5) is 0 Å². The first kappa shape index (κ1) is 14.5. The number of hydrogen-bond acceptors (Lipinski definition) is 4. The molecule has 0 amide bonds. The summed E-state index contributed by atoms with van der Waals surface area (Å²) in [5, 5.41) is 12.6. The second kappa shape index (κ2) is 6.48. The number of thiophene rings is 1. The smallest absolute Gasteiger partial charge is 0.0756 e. The van der Waals surface area contributed by atoms with Crippen molar-refractivity contribution >= 4 is 27.3 Å². The number of halogens is 1. The number of nitrogens with zero attached hydrogens (tertiary/aromatic N) is 2. The Morgan fingerprint density at radius 1 is 1.50 bits per heavy atom. The maximum Gasteiger partial charge on any atom is 0.0756 e. The SMILES string of the molecule is CN1CCCN(C)C(C(O)Cc2sccc2Br)C1. The van der Waals surface area contributed by atoms with E-state index >= 15 is 0 Å². The molecule has 2 rings (SSSR count). The Hall–Kier alpha value is 0.0600. The first-order valence-corrected chi connectivity index (χ1v) is 8.04. The lowest BCUT2D eigenvalue weighted by Crippen LogP contribution is -2.46. The van der Waals surface area contributed by atoms with Crippen LogP contribution in [0.25, 0.3) is 0 Å². The quantitative estimate of drug-likeness (QED) is 0.917. The molecular weight excluding hydrogens is 312 g/mol. The summed E-state index contributed by atoms with van der Waals surface area (Å²) >= 11 is 5.25. The lowest BCUT2D eigenvalue weighted by Gasteiger charge is -2.31. The fourth-order valence-corrected chi connectivity index (χ4v) is 4.08. The molecule has 1 N–H and O–H groups in total. The Morgan fingerprint density at radius 2 is 2.28 bits per heavy atom. The normalized spacial score (nSPS) is 25.0. The van der Waals surface area contributed by atoms with Gasteiger partial charge in [-0.2, -0.15) is 0 Å². The molecule has 0 aliphatic carbocycles. The van der Waals surface area contributed by atoms with Crippen LogP contribution in [0.1, 0.15) is 11.3 Å². The fraction of sp³-hybridized carbons (Fsp3) is 0.692. The summed E-state index contributed by atoms with van der Waals surface area (Å²) in [6.07, 6.45) is 1.62. The van der Waals surface area contributed by atoms with Crippen LogP contribution in [0.2, 0.25) is 0 Å². The van der Waals surface area contributed by atoms with Gasteiger partial charge in [0.1, 0.15) is 0 Å². The Morgan fingerprint density at radius 3 is 2.94 bits per heavy atom. The third kappa shape index (κ3) is 3.54. The van der Waals surface area contributed by atoms with Crippen molar-refractivity contribution in [2.75, 3.05) is 33.7 Å². The first-order valence-electron chi connectivity index (χ1n) is 6.36. The van der Waals surface area contributed by atoms with Crippen molar-refractivity contribution in [3.63, 3.8) is 0 Å². The molecule has 5 heteroatoms. The van der Waals surface area contributed by atoms with E-state index in [1.165, 1.54) is 11.3 Å². The first-order chi connectivity index (χ1) is 8.58. The minimum Gasteiger partial charge on any atom is -0.391 e. The Kier molecular flexibility index (Phi) is 5.21. The van der Waals surface area contributed by atoms with E-state index in [-0.39, 0.29) is 12.1 Å². The van der Waals surface area contributed by atoms with Crippen LogP contribution in [-0.4, -0.2) is 60.8 Å². The van der Waals surface area contributed by atoms with Gasteiger partial charge in [-0.25, -0.2) is 0 Å². The molecule has 0 bridgehead atoms. The van der Waals surface area contributed by atoms with Crippen LogP contribution in [0.15, 0.2) is 15.9 Å². The van der Waals surface area contributed by atoms with Crippen molar-refractivity contribution < 1.29 is 5.11 Å². The average Bonchev–Trinajstić information content (AvgIpc) is 2.62. The highest BCUT2D eigenvalue weighted by molar-refractivity contribution is 9.10. The number of hydrogen-bond donors (Lipinski definition) is 1. The summed E-state index contributed by atoms with van der Waals surface area (Å²) in [6, 6.07) is 2.28. The molecular formula is C13H21BrN2OS. The molecule has 2 heterocycles. The number of likely N-dealkylation sites (N-methyl/N-ethyl adjacent to an activating group) is 2. The van der Waals surface area contributed by atoms with E-state index < -0.39 is 0 Å². The van der Waals surface area contributed by atoms with Gasteiger partial charge in [0.25, 0.3) is 0 Å². The third-order valence-electron chi connectivity index (χ3n) is 3.65. The van der Waals surface area contributed by atoms with E-state index in [1.807, 2.05) is 0 Å². The van der Waals surface area contributed by atoms with Crippen molar-refractivity contribution in [1.82, 2.24) is 9.80 Å². The van der Waals surface area contributed by atoms with Crippen LogP contribution in [0.5, 0.6) is 0 Å². The van der Waals surface area contributed by atoms with E-state index in [0.29, 0.717) is 0 Å². The predicted octanol–water partition coefficient (Wildman–Crippen LogP) is 2.05. The average molecular weight is 333 g/mol. The van der Waals surface area contributed by atoms with Gasteiger partial charge in [0.05, 0.1) is 6.10 Å². The summed E-state index contributed by atoms with van der Waals surface area (Å²) in [4.78, 5) is 5.86. The van der Waals surface area contributed by atoms with Gasteiger partial charge in [0.2, 0.25) is 0 Å². The van der Waals surface area contributed by atoms with Crippen LogP contribution >= 0.6 is 27.3 Å². The van der Waals surface area contributed by atoms with Gasteiger partial charge in [-0.1, -0.05) is 0 Å². The summed E-state index contributed by atoms with van der Waals surface area (Å²) < 4.78 is 1.12. The third-order valence-corrected chi connectivity index (χ3v) is 5.59. The zero-order chi connectivity index (χ0) is 13.1. The molecule has 1 aromatic rings. The number of aliphatic hydroxyl groups is 1. The largest absolute Gasteiger partial charge is 0.391 e. The summed E-state index contributed by atoms with van der Waals surface area (Å²) in [7, 11) is 4.26. The van der Waals surface area contributed by atoms with E-state index in [4.69, 9.17) is 0 Å². The van der Waals surface area contributed by atoms with E-state index in [1.54, 1.807) is 11.3 Å². The molecule has 1 aliphatic heterocycles. The van der Waals surface area contributed by atoms with E-state index in [0.717, 1.165) is 30.5 Å². The van der Waals surface area contributed by atoms with Gasteiger partial charge >= 0.3 is 0 Å². The number of rotatable bonds is 3. The van der Waals surface area contributed by atoms with Crippen molar-refractivity contribution in [2.45, 2.75) is 25.0 Å². The molecule has 2 atom stereocenters. The van der Waals surface area contributed by atoms with Crippen LogP contribution in [-0.2, 0) is 6.42 Å². The highest BCUT2D eigenvalue weighted by atomic mass is 79.9.